The summed E-state index contributed by atoms with van der Waals surface area (Å²) in [7, 11) is 1.62. The number of hydrogen-bond acceptors (Lipinski definition) is 3. The molecule has 0 aliphatic carbocycles. The van der Waals surface area contributed by atoms with Crippen molar-refractivity contribution in [3.05, 3.63) is 54.1 Å². The molecule has 1 aliphatic heterocycles. The van der Waals surface area contributed by atoms with Gasteiger partial charge in [-0.2, -0.15) is 0 Å². The van der Waals surface area contributed by atoms with Crippen molar-refractivity contribution in [3.63, 3.8) is 0 Å². The molecule has 0 N–H and O–H groups in total. The Bertz CT molecular complexity index is 639. The summed E-state index contributed by atoms with van der Waals surface area (Å²) in [6, 6.07) is 15.4. The van der Waals surface area contributed by atoms with E-state index in [1.54, 1.807) is 7.11 Å². The summed E-state index contributed by atoms with van der Waals surface area (Å²) in [4.78, 5) is 15.9. The lowest BCUT2D eigenvalue weighted by Gasteiger charge is -2.22. The number of carbonyl (C=O) groups is 1. The average Bonchev–Trinajstić information content (AvgIpc) is 2.77. The number of nitrogens with zero attached hydrogens (tertiary/aromatic N) is 1. The molecule has 108 valence electrons. The van der Waals surface area contributed by atoms with E-state index in [0.29, 0.717) is 5.56 Å². The van der Waals surface area contributed by atoms with Gasteiger partial charge in [0.25, 0.3) is 5.91 Å². The van der Waals surface area contributed by atoms with Gasteiger partial charge in [0.15, 0.2) is 0 Å². The van der Waals surface area contributed by atoms with Crippen LogP contribution in [0.3, 0.4) is 0 Å². The highest BCUT2D eigenvalue weighted by Gasteiger charge is 2.22. The van der Waals surface area contributed by atoms with Gasteiger partial charge < -0.3 is 9.64 Å². The van der Waals surface area contributed by atoms with Crippen molar-refractivity contribution in [1.29, 1.82) is 0 Å². The molecule has 0 saturated carbocycles. The van der Waals surface area contributed by atoms with Crippen molar-refractivity contribution in [1.82, 2.24) is 0 Å². The Morgan fingerprint density at radius 1 is 1.14 bits per heavy atom. The van der Waals surface area contributed by atoms with Crippen molar-refractivity contribution in [2.45, 2.75) is 11.3 Å². The first-order valence-electron chi connectivity index (χ1n) is 6.97. The maximum absolute atomic E-state index is 12.8. The van der Waals surface area contributed by atoms with E-state index in [9.17, 15) is 4.79 Å². The lowest BCUT2D eigenvalue weighted by atomic mass is 10.1. The molecule has 2 aromatic carbocycles. The molecule has 3 nitrogen and oxygen atoms in total. The molecular formula is C17H17NO2S. The molecule has 0 aromatic heterocycles. The Morgan fingerprint density at radius 3 is 2.67 bits per heavy atom. The molecule has 0 fully saturated rings. The number of benzene rings is 2. The molecule has 2 aromatic rings. The standard InChI is InChI=1S/C17H17NO2S/c1-20-14-9-7-13(8-10-14)17(19)18-11-4-12-21-16-6-3-2-5-15(16)18/h2-3,5-10H,4,11-12H2,1H3. The van der Waals surface area contributed by atoms with Crippen LogP contribution >= 0.6 is 11.8 Å². The van der Waals surface area contributed by atoms with Crippen LogP contribution in [-0.2, 0) is 0 Å². The monoisotopic (exact) mass is 299 g/mol. The van der Waals surface area contributed by atoms with Crippen molar-refractivity contribution >= 4 is 23.4 Å². The van der Waals surface area contributed by atoms with Gasteiger partial charge >= 0.3 is 0 Å². The number of ether oxygens (including phenoxy) is 1. The van der Waals surface area contributed by atoms with Crippen LogP contribution in [0.15, 0.2) is 53.4 Å². The Morgan fingerprint density at radius 2 is 1.90 bits per heavy atom. The Balaban J connectivity index is 1.93. The van der Waals surface area contributed by atoms with Gasteiger partial charge in [-0.3, -0.25) is 4.79 Å². The number of para-hydroxylation sites is 1. The maximum atomic E-state index is 12.8. The third-order valence-electron chi connectivity index (χ3n) is 3.52. The number of rotatable bonds is 2. The zero-order valence-corrected chi connectivity index (χ0v) is 12.7. The predicted molar refractivity (Wildman–Crippen MR) is 86.5 cm³/mol. The summed E-state index contributed by atoms with van der Waals surface area (Å²) < 4.78 is 5.14. The van der Waals surface area contributed by atoms with Crippen LogP contribution in [0.1, 0.15) is 16.8 Å². The van der Waals surface area contributed by atoms with Crippen LogP contribution in [-0.4, -0.2) is 25.3 Å². The highest BCUT2D eigenvalue weighted by Crippen LogP contribution is 2.34. The quantitative estimate of drug-likeness (QED) is 0.844. The fraction of sp³-hybridized carbons (Fsp3) is 0.235. The third-order valence-corrected chi connectivity index (χ3v) is 4.67. The smallest absolute Gasteiger partial charge is 0.258 e. The lowest BCUT2D eigenvalue weighted by molar-refractivity contribution is 0.0986. The van der Waals surface area contributed by atoms with E-state index in [0.717, 1.165) is 30.2 Å². The van der Waals surface area contributed by atoms with E-state index in [1.165, 1.54) is 4.90 Å². The van der Waals surface area contributed by atoms with Crippen LogP contribution in [0, 0.1) is 0 Å². The Kier molecular flexibility index (Phi) is 4.15. The molecule has 0 bridgehead atoms. The zero-order valence-electron chi connectivity index (χ0n) is 11.9. The summed E-state index contributed by atoms with van der Waals surface area (Å²) in [5, 5.41) is 0. The predicted octanol–water partition coefficient (Wildman–Crippen LogP) is 3.84. The van der Waals surface area contributed by atoms with Gasteiger partial charge in [-0.15, -0.1) is 11.8 Å². The van der Waals surface area contributed by atoms with Gasteiger partial charge in [0.1, 0.15) is 5.75 Å². The van der Waals surface area contributed by atoms with E-state index in [1.807, 2.05) is 59.1 Å². The number of thioether (sulfide) groups is 1. The molecule has 0 saturated heterocycles. The van der Waals surface area contributed by atoms with Gasteiger partial charge in [-0.1, -0.05) is 12.1 Å². The van der Waals surface area contributed by atoms with Crippen LogP contribution in [0.5, 0.6) is 5.75 Å². The molecule has 0 spiro atoms. The molecular weight excluding hydrogens is 282 g/mol. The summed E-state index contributed by atoms with van der Waals surface area (Å²) in [5.41, 5.74) is 1.71. The molecule has 3 rings (SSSR count). The molecule has 0 atom stereocenters. The first-order chi connectivity index (χ1) is 10.3. The second-order valence-corrected chi connectivity index (χ2v) is 5.99. The fourth-order valence-electron chi connectivity index (χ4n) is 2.43. The number of anilines is 1. The summed E-state index contributed by atoms with van der Waals surface area (Å²) >= 11 is 1.82. The Labute approximate surface area is 128 Å². The fourth-order valence-corrected chi connectivity index (χ4v) is 3.42. The third kappa shape index (κ3) is 2.90. The summed E-state index contributed by atoms with van der Waals surface area (Å²) in [6.07, 6.45) is 1.00. The van der Waals surface area contributed by atoms with Gasteiger partial charge in [-0.25, -0.2) is 0 Å². The zero-order chi connectivity index (χ0) is 14.7. The van der Waals surface area contributed by atoms with E-state index >= 15 is 0 Å². The minimum absolute atomic E-state index is 0.0487. The van der Waals surface area contributed by atoms with Crippen molar-refractivity contribution in [2.75, 3.05) is 24.3 Å². The van der Waals surface area contributed by atoms with E-state index in [4.69, 9.17) is 4.74 Å². The highest BCUT2D eigenvalue weighted by molar-refractivity contribution is 7.99. The molecule has 1 aliphatic rings. The maximum Gasteiger partial charge on any atom is 0.258 e. The number of methoxy groups -OCH3 is 1. The molecule has 4 heteroatoms. The van der Waals surface area contributed by atoms with Crippen molar-refractivity contribution in [2.24, 2.45) is 0 Å². The summed E-state index contributed by atoms with van der Waals surface area (Å²) in [6.45, 7) is 0.759. The van der Waals surface area contributed by atoms with Crippen LogP contribution in [0.4, 0.5) is 5.69 Å². The van der Waals surface area contributed by atoms with Crippen LogP contribution in [0.25, 0.3) is 0 Å². The second kappa shape index (κ2) is 6.22. The van der Waals surface area contributed by atoms with Gasteiger partial charge in [0.05, 0.1) is 12.8 Å². The normalized spacial score (nSPS) is 14.2. The molecule has 21 heavy (non-hydrogen) atoms. The van der Waals surface area contributed by atoms with Crippen LogP contribution < -0.4 is 9.64 Å². The minimum atomic E-state index is 0.0487. The first-order valence-corrected chi connectivity index (χ1v) is 7.96. The molecule has 0 unspecified atom stereocenters. The second-order valence-electron chi connectivity index (χ2n) is 4.86. The van der Waals surface area contributed by atoms with Gasteiger partial charge in [-0.05, 0) is 48.6 Å². The minimum Gasteiger partial charge on any atom is -0.497 e. The number of fused-ring (bicyclic) bond motifs is 1. The SMILES string of the molecule is COc1ccc(C(=O)N2CCCSc3ccccc32)cc1. The largest absolute Gasteiger partial charge is 0.497 e. The number of hydrogen-bond donors (Lipinski definition) is 0. The van der Waals surface area contributed by atoms with E-state index in [2.05, 4.69) is 6.07 Å². The van der Waals surface area contributed by atoms with Crippen molar-refractivity contribution < 1.29 is 9.53 Å². The lowest BCUT2D eigenvalue weighted by Crippen LogP contribution is -2.31. The highest BCUT2D eigenvalue weighted by atomic mass is 32.2. The first kappa shape index (κ1) is 14.0. The molecule has 0 radical (unpaired) electrons. The van der Waals surface area contributed by atoms with Crippen molar-refractivity contribution in [3.8, 4) is 5.75 Å². The molecule has 1 amide bonds. The van der Waals surface area contributed by atoms with Gasteiger partial charge in [0, 0.05) is 17.0 Å². The summed E-state index contributed by atoms with van der Waals surface area (Å²) in [5.74, 6) is 1.86. The average molecular weight is 299 g/mol. The van der Waals surface area contributed by atoms with Crippen LogP contribution in [0.2, 0.25) is 0 Å². The Hall–Kier alpha value is -1.94. The topological polar surface area (TPSA) is 29.5 Å². The number of amides is 1. The molecule has 1 heterocycles. The van der Waals surface area contributed by atoms with E-state index in [-0.39, 0.29) is 5.91 Å². The van der Waals surface area contributed by atoms with E-state index < -0.39 is 0 Å². The number of carbonyl (C=O) groups excluding carboxylic acids is 1. The van der Waals surface area contributed by atoms with Gasteiger partial charge in [0.2, 0.25) is 0 Å².